The Bertz CT molecular complexity index is 1380. The van der Waals surface area contributed by atoms with Gasteiger partial charge >= 0.3 is 5.69 Å². The molecule has 2 heterocycles. The van der Waals surface area contributed by atoms with E-state index in [1.807, 2.05) is 19.1 Å². The van der Waals surface area contributed by atoms with Gasteiger partial charge in [-0.1, -0.05) is 29.8 Å². The zero-order valence-corrected chi connectivity index (χ0v) is 16.6. The number of aromatic nitrogens is 4. The molecule has 0 fully saturated rings. The summed E-state index contributed by atoms with van der Waals surface area (Å²) in [6.07, 6.45) is 2.69. The van der Waals surface area contributed by atoms with Crippen LogP contribution in [0.1, 0.15) is 11.1 Å². The second-order valence-electron chi connectivity index (χ2n) is 7.03. The van der Waals surface area contributed by atoms with Gasteiger partial charge in [0.05, 0.1) is 6.54 Å². The van der Waals surface area contributed by atoms with Crippen LogP contribution in [0.25, 0.3) is 11.2 Å². The zero-order chi connectivity index (χ0) is 22.0. The van der Waals surface area contributed by atoms with E-state index in [1.54, 1.807) is 12.1 Å². The Morgan fingerprint density at radius 3 is 2.35 bits per heavy atom. The molecule has 0 aliphatic rings. The lowest BCUT2D eigenvalue weighted by atomic mass is 10.2. The maximum Gasteiger partial charge on any atom is 0.333 e. The van der Waals surface area contributed by atoms with Crippen LogP contribution in [-0.2, 0) is 17.9 Å². The Morgan fingerprint density at radius 2 is 1.65 bits per heavy atom. The molecule has 1 N–H and O–H groups in total. The third-order valence-electron chi connectivity index (χ3n) is 4.74. The van der Waals surface area contributed by atoms with Crippen LogP contribution in [-0.4, -0.2) is 25.0 Å². The second-order valence-corrected chi connectivity index (χ2v) is 7.03. The summed E-state index contributed by atoms with van der Waals surface area (Å²) in [6.45, 7) is 1.48. The van der Waals surface area contributed by atoms with Crippen LogP contribution in [0.5, 0.6) is 0 Å². The standard InChI is InChI=1S/C22H18FN5O3/c1-14-2-8-17(9-3-14)26-18(29)13-27-20-19(24-10-11-25-20)21(30)28(22(27)31)12-15-4-6-16(23)7-5-15/h2-11H,12-13H2,1H3,(H,26,29). The van der Waals surface area contributed by atoms with E-state index in [4.69, 9.17) is 0 Å². The first-order chi connectivity index (χ1) is 14.9. The number of aryl methyl sites for hydroxylation is 1. The number of hydrogen-bond donors (Lipinski definition) is 1. The highest BCUT2D eigenvalue weighted by Gasteiger charge is 2.17. The molecule has 0 atom stereocenters. The predicted octanol–water partition coefficient (Wildman–Crippen LogP) is 2.09. The highest BCUT2D eigenvalue weighted by molar-refractivity contribution is 5.91. The molecule has 1 amide bonds. The monoisotopic (exact) mass is 419 g/mol. The van der Waals surface area contributed by atoms with E-state index in [0.29, 0.717) is 11.3 Å². The number of benzene rings is 2. The normalized spacial score (nSPS) is 10.9. The molecule has 0 unspecified atom stereocenters. The first kappa shape index (κ1) is 20.1. The number of amides is 1. The van der Waals surface area contributed by atoms with Gasteiger partial charge in [0.15, 0.2) is 11.2 Å². The van der Waals surface area contributed by atoms with Crippen molar-refractivity contribution >= 4 is 22.8 Å². The average Bonchev–Trinajstić information content (AvgIpc) is 2.77. The van der Waals surface area contributed by atoms with Crippen molar-refractivity contribution < 1.29 is 9.18 Å². The Kier molecular flexibility index (Phi) is 5.40. The van der Waals surface area contributed by atoms with Gasteiger partial charge in [0.25, 0.3) is 5.56 Å². The smallest absolute Gasteiger partial charge is 0.325 e. The van der Waals surface area contributed by atoms with E-state index >= 15 is 0 Å². The number of hydrogen-bond acceptors (Lipinski definition) is 5. The van der Waals surface area contributed by atoms with E-state index in [-0.39, 0.29) is 24.3 Å². The molecule has 0 bridgehead atoms. The third kappa shape index (κ3) is 4.25. The number of fused-ring (bicyclic) bond motifs is 1. The van der Waals surface area contributed by atoms with Crippen molar-refractivity contribution in [2.45, 2.75) is 20.0 Å². The summed E-state index contributed by atoms with van der Waals surface area (Å²) in [5.41, 5.74) is 0.829. The van der Waals surface area contributed by atoms with Gasteiger partial charge in [0.1, 0.15) is 12.4 Å². The molecule has 8 nitrogen and oxygen atoms in total. The second kappa shape index (κ2) is 8.31. The maximum absolute atomic E-state index is 13.2. The molecule has 0 saturated carbocycles. The minimum absolute atomic E-state index is 0.0203. The molecule has 0 aliphatic carbocycles. The van der Waals surface area contributed by atoms with Crippen LogP contribution in [0.3, 0.4) is 0 Å². The summed E-state index contributed by atoms with van der Waals surface area (Å²) in [7, 11) is 0. The first-order valence-electron chi connectivity index (χ1n) is 9.48. The molecule has 0 radical (unpaired) electrons. The number of nitrogens with one attached hydrogen (secondary N) is 1. The Labute approximate surface area is 175 Å². The molecular weight excluding hydrogens is 401 g/mol. The SMILES string of the molecule is Cc1ccc(NC(=O)Cn2c(=O)n(Cc3ccc(F)cc3)c(=O)c3nccnc32)cc1. The predicted molar refractivity (Wildman–Crippen MR) is 113 cm³/mol. The van der Waals surface area contributed by atoms with Gasteiger partial charge in [-0.15, -0.1) is 0 Å². The van der Waals surface area contributed by atoms with Crippen LogP contribution in [0.15, 0.2) is 70.5 Å². The minimum atomic E-state index is -0.707. The lowest BCUT2D eigenvalue weighted by molar-refractivity contribution is -0.116. The van der Waals surface area contributed by atoms with Gasteiger partial charge in [-0.05, 0) is 36.8 Å². The molecule has 31 heavy (non-hydrogen) atoms. The van der Waals surface area contributed by atoms with Gasteiger partial charge in [-0.3, -0.25) is 18.7 Å². The van der Waals surface area contributed by atoms with Gasteiger partial charge in [0.2, 0.25) is 5.91 Å². The van der Waals surface area contributed by atoms with E-state index < -0.39 is 23.0 Å². The third-order valence-corrected chi connectivity index (χ3v) is 4.74. The summed E-state index contributed by atoms with van der Waals surface area (Å²) in [5, 5.41) is 2.72. The molecule has 0 aliphatic heterocycles. The number of carbonyl (C=O) groups is 1. The van der Waals surface area contributed by atoms with Crippen LogP contribution in [0, 0.1) is 12.7 Å². The van der Waals surface area contributed by atoms with Crippen LogP contribution < -0.4 is 16.6 Å². The van der Waals surface area contributed by atoms with Gasteiger partial charge in [-0.2, -0.15) is 0 Å². The number of carbonyl (C=O) groups excluding carboxylic acids is 1. The van der Waals surface area contributed by atoms with E-state index in [0.717, 1.165) is 14.7 Å². The van der Waals surface area contributed by atoms with Crippen molar-refractivity contribution in [2.24, 2.45) is 0 Å². The molecule has 4 rings (SSSR count). The molecule has 2 aromatic heterocycles. The minimum Gasteiger partial charge on any atom is -0.325 e. The molecule has 2 aromatic carbocycles. The van der Waals surface area contributed by atoms with E-state index in [1.165, 1.54) is 36.7 Å². The highest BCUT2D eigenvalue weighted by Crippen LogP contribution is 2.09. The molecular formula is C22H18FN5O3. The van der Waals surface area contributed by atoms with Crippen molar-refractivity contribution in [1.82, 2.24) is 19.1 Å². The highest BCUT2D eigenvalue weighted by atomic mass is 19.1. The van der Waals surface area contributed by atoms with Gasteiger partial charge < -0.3 is 5.32 Å². The summed E-state index contributed by atoms with van der Waals surface area (Å²) in [6, 6.07) is 12.7. The van der Waals surface area contributed by atoms with Crippen molar-refractivity contribution in [2.75, 3.05) is 5.32 Å². The van der Waals surface area contributed by atoms with Gasteiger partial charge in [-0.25, -0.2) is 19.2 Å². The fourth-order valence-electron chi connectivity index (χ4n) is 3.17. The lowest BCUT2D eigenvalue weighted by Crippen LogP contribution is -2.42. The lowest BCUT2D eigenvalue weighted by Gasteiger charge is -2.13. The summed E-state index contributed by atoms with van der Waals surface area (Å²) in [4.78, 5) is 46.7. The summed E-state index contributed by atoms with van der Waals surface area (Å²) in [5.74, 6) is -0.879. The fourth-order valence-corrected chi connectivity index (χ4v) is 3.17. The number of rotatable bonds is 5. The number of nitrogens with zero attached hydrogens (tertiary/aromatic N) is 4. The summed E-state index contributed by atoms with van der Waals surface area (Å²) >= 11 is 0. The van der Waals surface area contributed by atoms with Crippen molar-refractivity contribution in [3.63, 3.8) is 0 Å². The molecule has 9 heteroatoms. The van der Waals surface area contributed by atoms with E-state index in [9.17, 15) is 18.8 Å². The van der Waals surface area contributed by atoms with Crippen molar-refractivity contribution in [3.8, 4) is 0 Å². The number of halogens is 1. The molecule has 0 saturated heterocycles. The van der Waals surface area contributed by atoms with Crippen molar-refractivity contribution in [3.05, 3.63) is 98.7 Å². The van der Waals surface area contributed by atoms with Crippen molar-refractivity contribution in [1.29, 1.82) is 0 Å². The average molecular weight is 419 g/mol. The van der Waals surface area contributed by atoms with Crippen LogP contribution in [0.4, 0.5) is 10.1 Å². The largest absolute Gasteiger partial charge is 0.333 e. The molecule has 4 aromatic rings. The quantitative estimate of drug-likeness (QED) is 0.534. The Balaban J connectivity index is 1.74. The molecule has 156 valence electrons. The zero-order valence-electron chi connectivity index (χ0n) is 16.6. The first-order valence-corrected chi connectivity index (χ1v) is 9.48. The van der Waals surface area contributed by atoms with Crippen LogP contribution >= 0.6 is 0 Å². The topological polar surface area (TPSA) is 98.9 Å². The van der Waals surface area contributed by atoms with Gasteiger partial charge in [0, 0.05) is 18.1 Å². The summed E-state index contributed by atoms with van der Waals surface area (Å²) < 4.78 is 15.3. The number of anilines is 1. The Hall–Kier alpha value is -4.14. The maximum atomic E-state index is 13.2. The van der Waals surface area contributed by atoms with E-state index in [2.05, 4.69) is 15.3 Å². The van der Waals surface area contributed by atoms with Crippen LogP contribution in [0.2, 0.25) is 0 Å². The molecule has 0 spiro atoms. The fraction of sp³-hybridized carbons (Fsp3) is 0.136. The Morgan fingerprint density at radius 1 is 0.968 bits per heavy atom.